The van der Waals surface area contributed by atoms with E-state index < -0.39 is 0 Å². The molecule has 5 heteroatoms. The Bertz CT molecular complexity index is 797. The summed E-state index contributed by atoms with van der Waals surface area (Å²) in [5.74, 6) is -0.113. The van der Waals surface area contributed by atoms with Crippen molar-refractivity contribution < 1.29 is 14.3 Å². The lowest BCUT2D eigenvalue weighted by atomic mass is 9.97. The predicted molar refractivity (Wildman–Crippen MR) is 106 cm³/mol. The second-order valence-electron chi connectivity index (χ2n) is 7.20. The van der Waals surface area contributed by atoms with E-state index >= 15 is 0 Å². The third-order valence-corrected chi connectivity index (χ3v) is 5.23. The molecule has 27 heavy (non-hydrogen) atoms. The van der Waals surface area contributed by atoms with Gasteiger partial charge in [-0.05, 0) is 62.2 Å². The van der Waals surface area contributed by atoms with Crippen molar-refractivity contribution in [3.63, 3.8) is 0 Å². The van der Waals surface area contributed by atoms with Gasteiger partial charge in [0.05, 0.1) is 25.1 Å². The van der Waals surface area contributed by atoms with Crippen LogP contribution in [-0.2, 0) is 14.3 Å². The highest BCUT2D eigenvalue weighted by Crippen LogP contribution is 2.21. The molecule has 2 aromatic rings. The van der Waals surface area contributed by atoms with E-state index in [4.69, 9.17) is 4.74 Å². The van der Waals surface area contributed by atoms with Crippen LogP contribution in [0.1, 0.15) is 38.3 Å². The average molecular weight is 368 g/mol. The quantitative estimate of drug-likeness (QED) is 0.795. The molecular formula is C22H28N2O3. The summed E-state index contributed by atoms with van der Waals surface area (Å²) in [5, 5.41) is 5.47. The second kappa shape index (κ2) is 9.00. The van der Waals surface area contributed by atoms with Gasteiger partial charge in [-0.1, -0.05) is 36.4 Å². The molecule has 0 aromatic heterocycles. The standard InChI is InChI=1S/C22H28N2O3/c1-3-27-22(26)18-10-12-24(13-11-18)15-21(25)23-16(2)19-9-8-17-6-4-5-7-20(17)14-19/h4-9,14,16,18H,3,10-13,15H2,1-2H3,(H,23,25)/t16-/m1/s1. The first-order chi connectivity index (χ1) is 13.1. The summed E-state index contributed by atoms with van der Waals surface area (Å²) in [6.07, 6.45) is 1.51. The second-order valence-corrected chi connectivity index (χ2v) is 7.20. The van der Waals surface area contributed by atoms with Crippen molar-refractivity contribution in [2.45, 2.75) is 32.7 Å². The molecular weight excluding hydrogens is 340 g/mol. The third kappa shape index (κ3) is 5.07. The van der Waals surface area contributed by atoms with Crippen LogP contribution in [-0.4, -0.2) is 43.0 Å². The van der Waals surface area contributed by atoms with E-state index in [2.05, 4.69) is 40.5 Å². The van der Waals surface area contributed by atoms with E-state index in [1.165, 1.54) is 10.8 Å². The van der Waals surface area contributed by atoms with E-state index in [1.807, 2.05) is 26.0 Å². The first kappa shape index (κ1) is 19.4. The topological polar surface area (TPSA) is 58.6 Å². The molecule has 0 spiro atoms. The number of amides is 1. The minimum atomic E-state index is -0.105. The lowest BCUT2D eigenvalue weighted by Gasteiger charge is -2.30. The minimum absolute atomic E-state index is 0.0187. The van der Waals surface area contributed by atoms with Gasteiger partial charge in [0.2, 0.25) is 5.91 Å². The number of rotatable bonds is 6. The molecule has 1 aliphatic rings. The molecule has 1 heterocycles. The number of ether oxygens (including phenoxy) is 1. The molecule has 1 fully saturated rings. The summed E-state index contributed by atoms with van der Waals surface area (Å²) in [4.78, 5) is 26.3. The number of esters is 1. The molecule has 1 amide bonds. The molecule has 3 rings (SSSR count). The van der Waals surface area contributed by atoms with Gasteiger partial charge in [0.1, 0.15) is 0 Å². The van der Waals surface area contributed by atoms with E-state index in [9.17, 15) is 9.59 Å². The number of nitrogens with one attached hydrogen (secondary N) is 1. The van der Waals surface area contributed by atoms with Crippen molar-refractivity contribution >= 4 is 22.6 Å². The van der Waals surface area contributed by atoms with Crippen molar-refractivity contribution in [2.75, 3.05) is 26.2 Å². The maximum absolute atomic E-state index is 12.4. The highest BCUT2D eigenvalue weighted by Gasteiger charge is 2.27. The Balaban J connectivity index is 1.49. The van der Waals surface area contributed by atoms with Crippen LogP contribution < -0.4 is 5.32 Å². The van der Waals surface area contributed by atoms with Gasteiger partial charge < -0.3 is 10.1 Å². The fraction of sp³-hybridized carbons (Fsp3) is 0.455. The van der Waals surface area contributed by atoms with Gasteiger partial charge in [0, 0.05) is 0 Å². The van der Waals surface area contributed by atoms with Gasteiger partial charge in [-0.25, -0.2) is 0 Å². The van der Waals surface area contributed by atoms with Crippen LogP contribution in [0.25, 0.3) is 10.8 Å². The fourth-order valence-corrected chi connectivity index (χ4v) is 3.64. The smallest absolute Gasteiger partial charge is 0.309 e. The molecule has 1 saturated heterocycles. The van der Waals surface area contributed by atoms with E-state index in [1.54, 1.807) is 0 Å². The van der Waals surface area contributed by atoms with Gasteiger partial charge in [-0.2, -0.15) is 0 Å². The molecule has 0 bridgehead atoms. The first-order valence-corrected chi connectivity index (χ1v) is 9.74. The van der Waals surface area contributed by atoms with Crippen LogP contribution in [0.5, 0.6) is 0 Å². The molecule has 0 aliphatic carbocycles. The number of piperidine rings is 1. The summed E-state index contributed by atoms with van der Waals surface area (Å²) in [5.41, 5.74) is 1.10. The normalized spacial score (nSPS) is 16.8. The molecule has 5 nitrogen and oxygen atoms in total. The molecule has 1 N–H and O–H groups in total. The third-order valence-electron chi connectivity index (χ3n) is 5.23. The Morgan fingerprint density at radius 1 is 1.15 bits per heavy atom. The summed E-state index contributed by atoms with van der Waals surface area (Å²) in [6.45, 7) is 6.13. The number of hydrogen-bond acceptors (Lipinski definition) is 4. The van der Waals surface area contributed by atoms with Crippen molar-refractivity contribution in [1.29, 1.82) is 0 Å². The van der Waals surface area contributed by atoms with Crippen molar-refractivity contribution in [1.82, 2.24) is 10.2 Å². The Hall–Kier alpha value is -2.40. The van der Waals surface area contributed by atoms with E-state index in [0.29, 0.717) is 13.2 Å². The summed E-state index contributed by atoms with van der Waals surface area (Å²) in [7, 11) is 0. The molecule has 1 atom stereocenters. The van der Waals surface area contributed by atoms with Gasteiger partial charge in [-0.3, -0.25) is 14.5 Å². The number of hydrogen-bond donors (Lipinski definition) is 1. The van der Waals surface area contributed by atoms with Crippen LogP contribution in [0.3, 0.4) is 0 Å². The zero-order valence-electron chi connectivity index (χ0n) is 16.1. The van der Waals surface area contributed by atoms with Crippen LogP contribution in [0.15, 0.2) is 42.5 Å². The zero-order valence-corrected chi connectivity index (χ0v) is 16.1. The van der Waals surface area contributed by atoms with Crippen LogP contribution >= 0.6 is 0 Å². The number of fused-ring (bicyclic) bond motifs is 1. The average Bonchev–Trinajstić information content (AvgIpc) is 2.68. The number of benzene rings is 2. The van der Waals surface area contributed by atoms with E-state index in [0.717, 1.165) is 31.5 Å². The van der Waals surface area contributed by atoms with Crippen molar-refractivity contribution in [2.24, 2.45) is 5.92 Å². The molecule has 0 radical (unpaired) electrons. The maximum Gasteiger partial charge on any atom is 0.309 e. The van der Waals surface area contributed by atoms with E-state index in [-0.39, 0.29) is 23.8 Å². The predicted octanol–water partition coefficient (Wildman–Crippen LogP) is 3.29. The Morgan fingerprint density at radius 2 is 1.85 bits per heavy atom. The van der Waals surface area contributed by atoms with Gasteiger partial charge >= 0.3 is 5.97 Å². The summed E-state index contributed by atoms with van der Waals surface area (Å²) >= 11 is 0. The summed E-state index contributed by atoms with van der Waals surface area (Å²) in [6, 6.07) is 14.5. The SMILES string of the molecule is CCOC(=O)C1CCN(CC(=O)N[C@H](C)c2ccc3ccccc3c2)CC1. The fourth-order valence-electron chi connectivity index (χ4n) is 3.64. The Morgan fingerprint density at radius 3 is 2.56 bits per heavy atom. The Kier molecular flexibility index (Phi) is 6.45. The van der Waals surface area contributed by atoms with Crippen LogP contribution in [0.2, 0.25) is 0 Å². The Labute approximate surface area is 160 Å². The molecule has 0 unspecified atom stereocenters. The number of likely N-dealkylation sites (tertiary alicyclic amines) is 1. The lowest BCUT2D eigenvalue weighted by molar-refractivity contribution is -0.149. The highest BCUT2D eigenvalue weighted by atomic mass is 16.5. The molecule has 0 saturated carbocycles. The lowest BCUT2D eigenvalue weighted by Crippen LogP contribution is -2.43. The number of carbonyl (C=O) groups is 2. The van der Waals surface area contributed by atoms with Gasteiger partial charge in [-0.15, -0.1) is 0 Å². The van der Waals surface area contributed by atoms with Gasteiger partial charge in [0.15, 0.2) is 0 Å². The van der Waals surface area contributed by atoms with Gasteiger partial charge in [0.25, 0.3) is 0 Å². The largest absolute Gasteiger partial charge is 0.466 e. The molecule has 144 valence electrons. The molecule has 2 aromatic carbocycles. The number of carbonyl (C=O) groups excluding carboxylic acids is 2. The summed E-state index contributed by atoms with van der Waals surface area (Å²) < 4.78 is 5.09. The first-order valence-electron chi connectivity index (χ1n) is 9.74. The highest BCUT2D eigenvalue weighted by molar-refractivity contribution is 5.83. The van der Waals surface area contributed by atoms with Crippen molar-refractivity contribution in [3.05, 3.63) is 48.0 Å². The van der Waals surface area contributed by atoms with Crippen LogP contribution in [0.4, 0.5) is 0 Å². The van der Waals surface area contributed by atoms with Crippen LogP contribution in [0, 0.1) is 5.92 Å². The minimum Gasteiger partial charge on any atom is -0.466 e. The maximum atomic E-state index is 12.4. The number of nitrogens with zero attached hydrogens (tertiary/aromatic N) is 1. The molecule has 1 aliphatic heterocycles. The monoisotopic (exact) mass is 368 g/mol. The zero-order chi connectivity index (χ0) is 19.2. The van der Waals surface area contributed by atoms with Crippen molar-refractivity contribution in [3.8, 4) is 0 Å².